The van der Waals surface area contributed by atoms with Gasteiger partial charge in [0, 0.05) is 6.04 Å². The molecule has 0 aromatic carbocycles. The van der Waals surface area contributed by atoms with Crippen LogP contribution in [0.1, 0.15) is 13.3 Å². The van der Waals surface area contributed by atoms with Gasteiger partial charge in [0.15, 0.2) is 0 Å². The van der Waals surface area contributed by atoms with Gasteiger partial charge in [0.2, 0.25) is 5.28 Å². The Balaban J connectivity index is 2.49. The summed E-state index contributed by atoms with van der Waals surface area (Å²) in [5, 5.41) is 3.42. The SMILES string of the molecule is CC(CCOS(C)(=O)=O)Nc1nc(Cl)ncc1Cl. The van der Waals surface area contributed by atoms with Crippen molar-refractivity contribution in [1.29, 1.82) is 0 Å². The van der Waals surface area contributed by atoms with Crippen LogP contribution in [0, 0.1) is 0 Å². The molecule has 0 fully saturated rings. The third-order valence-electron chi connectivity index (χ3n) is 1.95. The van der Waals surface area contributed by atoms with Gasteiger partial charge in [0.1, 0.15) is 10.8 Å². The Morgan fingerprint density at radius 3 is 2.78 bits per heavy atom. The maximum atomic E-state index is 10.8. The summed E-state index contributed by atoms with van der Waals surface area (Å²) in [6.45, 7) is 1.93. The van der Waals surface area contributed by atoms with Gasteiger partial charge in [-0.25, -0.2) is 4.98 Å². The lowest BCUT2D eigenvalue weighted by molar-refractivity contribution is 0.309. The van der Waals surface area contributed by atoms with E-state index in [0.717, 1.165) is 6.26 Å². The molecule has 1 aromatic heterocycles. The Morgan fingerprint density at radius 1 is 1.50 bits per heavy atom. The van der Waals surface area contributed by atoms with E-state index in [0.29, 0.717) is 17.3 Å². The molecule has 0 saturated heterocycles. The van der Waals surface area contributed by atoms with Gasteiger partial charge in [0.25, 0.3) is 10.1 Å². The largest absolute Gasteiger partial charge is 0.366 e. The zero-order chi connectivity index (χ0) is 13.8. The van der Waals surface area contributed by atoms with Gasteiger partial charge >= 0.3 is 0 Å². The molecule has 0 aliphatic carbocycles. The van der Waals surface area contributed by atoms with E-state index >= 15 is 0 Å². The van der Waals surface area contributed by atoms with Crippen LogP contribution in [0.5, 0.6) is 0 Å². The maximum Gasteiger partial charge on any atom is 0.264 e. The van der Waals surface area contributed by atoms with E-state index in [2.05, 4.69) is 19.5 Å². The molecule has 0 bridgehead atoms. The van der Waals surface area contributed by atoms with Crippen molar-refractivity contribution in [3.8, 4) is 0 Å². The predicted molar refractivity (Wildman–Crippen MR) is 70.5 cm³/mol. The monoisotopic (exact) mass is 313 g/mol. The van der Waals surface area contributed by atoms with Crippen molar-refractivity contribution < 1.29 is 12.6 Å². The molecule has 1 atom stereocenters. The van der Waals surface area contributed by atoms with Gasteiger partial charge in [-0.1, -0.05) is 11.6 Å². The Morgan fingerprint density at radius 2 is 2.17 bits per heavy atom. The lowest BCUT2D eigenvalue weighted by atomic mass is 10.2. The van der Waals surface area contributed by atoms with Gasteiger partial charge in [-0.3, -0.25) is 4.18 Å². The summed E-state index contributed by atoms with van der Waals surface area (Å²) in [5.74, 6) is 0.406. The van der Waals surface area contributed by atoms with E-state index in [4.69, 9.17) is 23.2 Å². The normalized spacial score (nSPS) is 13.3. The van der Waals surface area contributed by atoms with Crippen LogP contribution >= 0.6 is 23.2 Å². The lowest BCUT2D eigenvalue weighted by Crippen LogP contribution is -2.19. The van der Waals surface area contributed by atoms with Crippen molar-refractivity contribution in [3.63, 3.8) is 0 Å². The Hall–Kier alpha value is -0.630. The highest BCUT2D eigenvalue weighted by molar-refractivity contribution is 7.85. The van der Waals surface area contributed by atoms with E-state index < -0.39 is 10.1 Å². The number of nitrogens with one attached hydrogen (secondary N) is 1. The molecule has 1 heterocycles. The fourth-order valence-corrected chi connectivity index (χ4v) is 1.81. The molecule has 9 heteroatoms. The summed E-state index contributed by atoms with van der Waals surface area (Å²) in [7, 11) is -3.41. The Labute approximate surface area is 116 Å². The van der Waals surface area contributed by atoms with E-state index in [1.54, 1.807) is 0 Å². The molecule has 0 aliphatic rings. The highest BCUT2D eigenvalue weighted by atomic mass is 35.5. The number of hydrogen-bond acceptors (Lipinski definition) is 6. The zero-order valence-electron chi connectivity index (χ0n) is 9.85. The Kier molecular flexibility index (Phi) is 5.58. The molecule has 102 valence electrons. The van der Waals surface area contributed by atoms with Crippen LogP contribution in [0.15, 0.2) is 6.20 Å². The fraction of sp³-hybridized carbons (Fsp3) is 0.556. The summed E-state index contributed by atoms with van der Waals surface area (Å²) in [4.78, 5) is 7.64. The summed E-state index contributed by atoms with van der Waals surface area (Å²) >= 11 is 11.5. The first-order chi connectivity index (χ1) is 8.28. The van der Waals surface area contributed by atoms with Crippen LogP contribution in [0.25, 0.3) is 0 Å². The van der Waals surface area contributed by atoms with Crippen molar-refractivity contribution in [2.75, 3.05) is 18.2 Å². The minimum absolute atomic E-state index is 0.0739. The van der Waals surface area contributed by atoms with Crippen molar-refractivity contribution in [3.05, 3.63) is 16.5 Å². The first-order valence-corrected chi connectivity index (χ1v) is 7.64. The van der Waals surface area contributed by atoms with E-state index in [9.17, 15) is 8.42 Å². The molecule has 6 nitrogen and oxygen atoms in total. The summed E-state index contributed by atoms with van der Waals surface area (Å²) in [5.41, 5.74) is 0. The highest BCUT2D eigenvalue weighted by Gasteiger charge is 2.09. The van der Waals surface area contributed by atoms with Crippen molar-refractivity contribution in [2.24, 2.45) is 0 Å². The van der Waals surface area contributed by atoms with E-state index in [1.165, 1.54) is 6.20 Å². The molecule has 1 rings (SSSR count). The molecular formula is C9H13Cl2N3O3S. The van der Waals surface area contributed by atoms with E-state index in [1.807, 2.05) is 6.92 Å². The number of aromatic nitrogens is 2. The average Bonchev–Trinajstić information content (AvgIpc) is 2.21. The Bertz CT molecular complexity index is 510. The standard InChI is InChI=1S/C9H13Cl2N3O3S/c1-6(3-4-17-18(2,15)16)13-8-7(10)5-12-9(11)14-8/h5-6H,3-4H2,1-2H3,(H,12,13,14). The zero-order valence-corrected chi connectivity index (χ0v) is 12.2. The van der Waals surface area contributed by atoms with Gasteiger partial charge < -0.3 is 5.32 Å². The van der Waals surface area contributed by atoms with Crippen LogP contribution < -0.4 is 5.32 Å². The van der Waals surface area contributed by atoms with Gasteiger partial charge in [-0.15, -0.1) is 0 Å². The number of hydrogen-bond donors (Lipinski definition) is 1. The first kappa shape index (κ1) is 15.4. The number of nitrogens with zero attached hydrogens (tertiary/aromatic N) is 2. The van der Waals surface area contributed by atoms with Crippen LogP contribution in [-0.4, -0.2) is 37.3 Å². The van der Waals surface area contributed by atoms with E-state index in [-0.39, 0.29) is 17.9 Å². The second kappa shape index (κ2) is 6.51. The van der Waals surface area contributed by atoms with Crippen molar-refractivity contribution >= 4 is 39.1 Å². The van der Waals surface area contributed by atoms with Crippen LogP contribution in [0.4, 0.5) is 5.82 Å². The fourth-order valence-electron chi connectivity index (χ4n) is 1.13. The summed E-state index contributed by atoms with van der Waals surface area (Å²) < 4.78 is 26.2. The third-order valence-corrected chi connectivity index (χ3v) is 3.00. The first-order valence-electron chi connectivity index (χ1n) is 5.07. The molecule has 1 unspecified atom stereocenters. The van der Waals surface area contributed by atoms with Crippen LogP contribution in [0.3, 0.4) is 0 Å². The second-order valence-corrected chi connectivity index (χ2v) is 6.08. The number of rotatable bonds is 6. The topological polar surface area (TPSA) is 81.2 Å². The van der Waals surface area contributed by atoms with Crippen molar-refractivity contribution in [2.45, 2.75) is 19.4 Å². The summed E-state index contributed by atoms with van der Waals surface area (Å²) in [6.07, 6.45) is 2.87. The molecular weight excluding hydrogens is 301 g/mol. The smallest absolute Gasteiger partial charge is 0.264 e. The van der Waals surface area contributed by atoms with Gasteiger partial charge in [-0.05, 0) is 24.9 Å². The quantitative estimate of drug-likeness (QED) is 0.638. The molecule has 1 aromatic rings. The molecule has 0 saturated carbocycles. The van der Waals surface area contributed by atoms with Gasteiger partial charge in [-0.2, -0.15) is 13.4 Å². The van der Waals surface area contributed by atoms with Gasteiger partial charge in [0.05, 0.1) is 19.1 Å². The minimum Gasteiger partial charge on any atom is -0.366 e. The number of halogens is 2. The predicted octanol–water partition coefficient (Wildman–Crippen LogP) is 1.95. The molecule has 0 spiro atoms. The summed E-state index contributed by atoms with van der Waals surface area (Å²) in [6, 6.07) is -0.0739. The molecule has 0 aliphatic heterocycles. The molecule has 0 radical (unpaired) electrons. The number of anilines is 1. The second-order valence-electron chi connectivity index (χ2n) is 3.70. The van der Waals surface area contributed by atoms with Crippen LogP contribution in [0.2, 0.25) is 10.3 Å². The lowest BCUT2D eigenvalue weighted by Gasteiger charge is -2.14. The average molecular weight is 314 g/mol. The minimum atomic E-state index is -3.41. The van der Waals surface area contributed by atoms with Crippen LogP contribution in [-0.2, 0) is 14.3 Å². The van der Waals surface area contributed by atoms with Crippen molar-refractivity contribution in [1.82, 2.24) is 9.97 Å². The highest BCUT2D eigenvalue weighted by Crippen LogP contribution is 2.20. The molecule has 18 heavy (non-hydrogen) atoms. The maximum absolute atomic E-state index is 10.8. The molecule has 1 N–H and O–H groups in total. The molecule has 0 amide bonds. The third kappa shape index (κ3) is 5.81.